The lowest BCUT2D eigenvalue weighted by atomic mass is 9.94. The molecule has 0 bridgehead atoms. The van der Waals surface area contributed by atoms with E-state index in [2.05, 4.69) is 54.9 Å². The summed E-state index contributed by atoms with van der Waals surface area (Å²) in [7, 11) is 0. The fourth-order valence-corrected chi connectivity index (χ4v) is 2.59. The van der Waals surface area contributed by atoms with Crippen LogP contribution in [0, 0.1) is 0 Å². The summed E-state index contributed by atoms with van der Waals surface area (Å²) in [6.07, 6.45) is 1.05. The van der Waals surface area contributed by atoms with Crippen molar-refractivity contribution < 1.29 is 0 Å². The first-order chi connectivity index (χ1) is 7.06. The van der Waals surface area contributed by atoms with Gasteiger partial charge in [0.25, 0.3) is 0 Å². The van der Waals surface area contributed by atoms with E-state index >= 15 is 0 Å². The standard InChI is InChI=1S/C13H20BrN/c1-9(2)12-5-4-11(8-13(12)14)10(3)6-7-15/h4-5,8-10H,6-7,15H2,1-3H3. The van der Waals surface area contributed by atoms with Gasteiger partial charge in [-0.3, -0.25) is 0 Å². The fourth-order valence-electron chi connectivity index (χ4n) is 1.73. The number of nitrogens with two attached hydrogens (primary N) is 1. The Labute approximate surface area is 101 Å². The zero-order valence-corrected chi connectivity index (χ0v) is 11.3. The topological polar surface area (TPSA) is 26.0 Å². The smallest absolute Gasteiger partial charge is 0.0212 e. The van der Waals surface area contributed by atoms with E-state index in [1.165, 1.54) is 15.6 Å². The highest BCUT2D eigenvalue weighted by Crippen LogP contribution is 2.29. The van der Waals surface area contributed by atoms with Gasteiger partial charge in [-0.1, -0.05) is 48.8 Å². The van der Waals surface area contributed by atoms with Crippen molar-refractivity contribution in [1.82, 2.24) is 0 Å². The average Bonchev–Trinajstić information content (AvgIpc) is 2.17. The molecule has 0 aliphatic heterocycles. The van der Waals surface area contributed by atoms with Gasteiger partial charge in [0.05, 0.1) is 0 Å². The van der Waals surface area contributed by atoms with Gasteiger partial charge in [0, 0.05) is 4.47 Å². The van der Waals surface area contributed by atoms with Crippen molar-refractivity contribution in [1.29, 1.82) is 0 Å². The van der Waals surface area contributed by atoms with Crippen LogP contribution in [0.25, 0.3) is 0 Å². The zero-order chi connectivity index (χ0) is 11.4. The van der Waals surface area contributed by atoms with Crippen LogP contribution >= 0.6 is 15.9 Å². The zero-order valence-electron chi connectivity index (χ0n) is 9.76. The SMILES string of the molecule is CC(C)c1ccc(C(C)CCN)cc1Br. The predicted octanol–water partition coefficient (Wildman–Crippen LogP) is 4.02. The largest absolute Gasteiger partial charge is 0.330 e. The predicted molar refractivity (Wildman–Crippen MR) is 70.3 cm³/mol. The Hall–Kier alpha value is -0.340. The van der Waals surface area contributed by atoms with Crippen LogP contribution in [-0.4, -0.2) is 6.54 Å². The highest BCUT2D eigenvalue weighted by atomic mass is 79.9. The molecule has 15 heavy (non-hydrogen) atoms. The summed E-state index contributed by atoms with van der Waals surface area (Å²) < 4.78 is 1.22. The van der Waals surface area contributed by atoms with Crippen LogP contribution < -0.4 is 5.73 Å². The van der Waals surface area contributed by atoms with Gasteiger partial charge in [0.2, 0.25) is 0 Å². The van der Waals surface area contributed by atoms with Crippen molar-refractivity contribution in [2.24, 2.45) is 5.73 Å². The maximum absolute atomic E-state index is 5.57. The minimum atomic E-state index is 0.549. The molecule has 1 aromatic carbocycles. The molecule has 1 atom stereocenters. The van der Waals surface area contributed by atoms with Crippen molar-refractivity contribution >= 4 is 15.9 Å². The Balaban J connectivity index is 2.91. The van der Waals surface area contributed by atoms with Crippen LogP contribution in [0.2, 0.25) is 0 Å². The Morgan fingerprint density at radius 1 is 1.27 bits per heavy atom. The monoisotopic (exact) mass is 269 g/mol. The molecule has 0 fully saturated rings. The maximum Gasteiger partial charge on any atom is 0.0212 e. The molecule has 0 aliphatic carbocycles. The summed E-state index contributed by atoms with van der Waals surface area (Å²) in [5, 5.41) is 0. The van der Waals surface area contributed by atoms with Gasteiger partial charge in [-0.25, -0.2) is 0 Å². The van der Waals surface area contributed by atoms with Gasteiger partial charge >= 0.3 is 0 Å². The van der Waals surface area contributed by atoms with Crippen LogP contribution in [0.4, 0.5) is 0 Å². The summed E-state index contributed by atoms with van der Waals surface area (Å²) in [6, 6.07) is 6.67. The highest BCUT2D eigenvalue weighted by Gasteiger charge is 2.09. The number of hydrogen-bond acceptors (Lipinski definition) is 1. The quantitative estimate of drug-likeness (QED) is 0.878. The number of benzene rings is 1. The number of hydrogen-bond donors (Lipinski definition) is 1. The fraction of sp³-hybridized carbons (Fsp3) is 0.538. The van der Waals surface area contributed by atoms with E-state index in [9.17, 15) is 0 Å². The second-order valence-electron chi connectivity index (χ2n) is 4.41. The minimum Gasteiger partial charge on any atom is -0.330 e. The molecule has 84 valence electrons. The molecule has 1 nitrogen and oxygen atoms in total. The molecule has 2 heteroatoms. The van der Waals surface area contributed by atoms with Crippen molar-refractivity contribution in [2.75, 3.05) is 6.54 Å². The van der Waals surface area contributed by atoms with Gasteiger partial charge in [-0.2, -0.15) is 0 Å². The normalized spacial score (nSPS) is 13.2. The van der Waals surface area contributed by atoms with Gasteiger partial charge in [0.1, 0.15) is 0 Å². The van der Waals surface area contributed by atoms with E-state index in [1.807, 2.05) is 0 Å². The molecular weight excluding hydrogens is 250 g/mol. The summed E-state index contributed by atoms with van der Waals surface area (Å²) in [4.78, 5) is 0. The van der Waals surface area contributed by atoms with E-state index in [-0.39, 0.29) is 0 Å². The van der Waals surface area contributed by atoms with Crippen LogP contribution in [0.3, 0.4) is 0 Å². The summed E-state index contributed by atoms with van der Waals surface area (Å²) >= 11 is 3.64. The summed E-state index contributed by atoms with van der Waals surface area (Å²) in [5.41, 5.74) is 8.32. The van der Waals surface area contributed by atoms with E-state index in [0.29, 0.717) is 11.8 Å². The molecule has 0 radical (unpaired) electrons. The number of halogens is 1. The van der Waals surface area contributed by atoms with E-state index in [1.54, 1.807) is 0 Å². The van der Waals surface area contributed by atoms with E-state index in [0.717, 1.165) is 13.0 Å². The highest BCUT2D eigenvalue weighted by molar-refractivity contribution is 9.10. The molecule has 2 N–H and O–H groups in total. The molecule has 0 saturated carbocycles. The van der Waals surface area contributed by atoms with Crippen LogP contribution in [0.15, 0.2) is 22.7 Å². The molecule has 0 amide bonds. The lowest BCUT2D eigenvalue weighted by Crippen LogP contribution is -2.05. The number of rotatable bonds is 4. The molecule has 0 aromatic heterocycles. The molecule has 1 unspecified atom stereocenters. The third-order valence-corrected chi connectivity index (χ3v) is 3.50. The summed E-state index contributed by atoms with van der Waals surface area (Å²) in [6.45, 7) is 7.40. The second-order valence-corrected chi connectivity index (χ2v) is 5.27. The summed E-state index contributed by atoms with van der Waals surface area (Å²) in [5.74, 6) is 1.12. The third kappa shape index (κ3) is 3.32. The molecule has 0 saturated heterocycles. The minimum absolute atomic E-state index is 0.549. The molecular formula is C13H20BrN. The van der Waals surface area contributed by atoms with Gasteiger partial charge in [0.15, 0.2) is 0 Å². The van der Waals surface area contributed by atoms with Gasteiger partial charge < -0.3 is 5.73 Å². The first-order valence-electron chi connectivity index (χ1n) is 5.55. The lowest BCUT2D eigenvalue weighted by Gasteiger charge is -2.14. The first kappa shape index (κ1) is 12.7. The van der Waals surface area contributed by atoms with Crippen molar-refractivity contribution in [3.8, 4) is 0 Å². The third-order valence-electron chi connectivity index (χ3n) is 2.82. The molecule has 0 aliphatic rings. The Bertz CT molecular complexity index is 320. The first-order valence-corrected chi connectivity index (χ1v) is 6.35. The average molecular weight is 270 g/mol. The lowest BCUT2D eigenvalue weighted by molar-refractivity contribution is 0.688. The Morgan fingerprint density at radius 3 is 2.40 bits per heavy atom. The van der Waals surface area contributed by atoms with Gasteiger partial charge in [-0.15, -0.1) is 0 Å². The second kappa shape index (κ2) is 5.66. The van der Waals surface area contributed by atoms with Crippen LogP contribution in [0.5, 0.6) is 0 Å². The van der Waals surface area contributed by atoms with Crippen LogP contribution in [-0.2, 0) is 0 Å². The van der Waals surface area contributed by atoms with Crippen LogP contribution in [0.1, 0.15) is 50.2 Å². The molecule has 0 spiro atoms. The van der Waals surface area contributed by atoms with Crippen molar-refractivity contribution in [3.63, 3.8) is 0 Å². The van der Waals surface area contributed by atoms with E-state index < -0.39 is 0 Å². The Morgan fingerprint density at radius 2 is 1.93 bits per heavy atom. The molecule has 1 rings (SSSR count). The van der Waals surface area contributed by atoms with Crippen molar-refractivity contribution in [3.05, 3.63) is 33.8 Å². The van der Waals surface area contributed by atoms with E-state index in [4.69, 9.17) is 5.73 Å². The maximum atomic E-state index is 5.57. The Kier molecular flexibility index (Phi) is 4.81. The molecule has 0 heterocycles. The molecule has 1 aromatic rings. The van der Waals surface area contributed by atoms with Crippen molar-refractivity contribution in [2.45, 2.75) is 39.0 Å². The van der Waals surface area contributed by atoms with Gasteiger partial charge in [-0.05, 0) is 42.0 Å².